The average Bonchev–Trinajstić information content (AvgIpc) is 3.40. The third-order valence-electron chi connectivity index (χ3n) is 6.31. The summed E-state index contributed by atoms with van der Waals surface area (Å²) in [6.45, 7) is 5.52. The number of nitrogens with two attached hydrogens (primary N) is 1. The van der Waals surface area contributed by atoms with Gasteiger partial charge in [-0.1, -0.05) is 19.9 Å². The van der Waals surface area contributed by atoms with Gasteiger partial charge in [0.15, 0.2) is 23.1 Å². The number of nitrogens with zero attached hydrogens (tertiary/aromatic N) is 1. The Balaban J connectivity index is 1.56. The van der Waals surface area contributed by atoms with E-state index in [0.29, 0.717) is 17.9 Å². The Kier molecular flexibility index (Phi) is 11.4. The zero-order chi connectivity index (χ0) is 30.3. The maximum atomic E-state index is 14.8. The second-order valence-electron chi connectivity index (χ2n) is 9.84. The first-order valence-electron chi connectivity index (χ1n) is 13.1. The standard InChI is InChI=1S/C28H33F4N3O5S/c1-4-39-28(38)25(15(2)3)40-19-6-5-16(20(29)12-19)14-34-26(37)27-35(7-8-41-27)24(36)11-18(33)9-17-10-22(31)23(32)13-21(17)30/h5-6,10,12-13,15,18,25,27H,4,7-9,11,14,33H2,1-3H3,(H,34,37). The van der Waals surface area contributed by atoms with Crippen molar-refractivity contribution in [2.24, 2.45) is 11.7 Å². The molecule has 3 atom stereocenters. The number of ether oxygens (including phenoxy) is 2. The van der Waals surface area contributed by atoms with Crippen molar-refractivity contribution in [1.82, 2.24) is 10.2 Å². The number of hydrogen-bond acceptors (Lipinski definition) is 7. The molecule has 0 aromatic heterocycles. The Hall–Kier alpha value is -3.32. The molecule has 1 fully saturated rings. The summed E-state index contributed by atoms with van der Waals surface area (Å²) < 4.78 is 66.0. The first-order valence-corrected chi connectivity index (χ1v) is 14.2. The SMILES string of the molecule is CCOC(=O)C(Oc1ccc(CNC(=O)C2SCCN2C(=O)CC(N)Cc2cc(F)c(F)cc2F)c(F)c1)C(C)C. The number of nitrogens with one attached hydrogen (secondary N) is 1. The fraction of sp³-hybridized carbons (Fsp3) is 0.464. The fourth-order valence-corrected chi connectivity index (χ4v) is 5.36. The van der Waals surface area contributed by atoms with E-state index in [1.165, 1.54) is 28.8 Å². The molecule has 224 valence electrons. The summed E-state index contributed by atoms with van der Waals surface area (Å²) in [5.41, 5.74) is 5.99. The minimum atomic E-state index is -1.32. The number of amides is 2. The van der Waals surface area contributed by atoms with Crippen LogP contribution in [0.5, 0.6) is 5.75 Å². The second kappa shape index (κ2) is 14.5. The molecule has 0 saturated carbocycles. The van der Waals surface area contributed by atoms with Crippen molar-refractivity contribution in [3.8, 4) is 5.75 Å². The predicted octanol–water partition coefficient (Wildman–Crippen LogP) is 3.69. The summed E-state index contributed by atoms with van der Waals surface area (Å²) in [4.78, 5) is 39.2. The Morgan fingerprint density at radius 3 is 2.39 bits per heavy atom. The fourth-order valence-electron chi connectivity index (χ4n) is 4.20. The molecular formula is C28H33F4N3O5S. The number of esters is 1. The molecule has 3 N–H and O–H groups in total. The van der Waals surface area contributed by atoms with Crippen LogP contribution in [0, 0.1) is 29.2 Å². The molecule has 3 rings (SSSR count). The first-order chi connectivity index (χ1) is 19.4. The molecule has 8 nitrogen and oxygen atoms in total. The molecule has 1 aliphatic rings. The summed E-state index contributed by atoms with van der Waals surface area (Å²) in [7, 11) is 0. The maximum absolute atomic E-state index is 14.8. The highest BCUT2D eigenvalue weighted by Crippen LogP contribution is 2.26. The highest BCUT2D eigenvalue weighted by Gasteiger charge is 2.35. The van der Waals surface area contributed by atoms with Gasteiger partial charge in [-0.05, 0) is 31.0 Å². The van der Waals surface area contributed by atoms with Gasteiger partial charge in [-0.3, -0.25) is 9.59 Å². The molecular weight excluding hydrogens is 566 g/mol. The molecule has 3 unspecified atom stereocenters. The van der Waals surface area contributed by atoms with Crippen LogP contribution < -0.4 is 15.8 Å². The Bertz CT molecular complexity index is 1270. The minimum absolute atomic E-state index is 0.132. The van der Waals surface area contributed by atoms with E-state index < -0.39 is 58.6 Å². The van der Waals surface area contributed by atoms with Crippen LogP contribution in [0.25, 0.3) is 0 Å². The van der Waals surface area contributed by atoms with Crippen LogP contribution in [0.2, 0.25) is 0 Å². The topological polar surface area (TPSA) is 111 Å². The van der Waals surface area contributed by atoms with E-state index in [4.69, 9.17) is 15.2 Å². The quantitative estimate of drug-likeness (QED) is 0.218. The van der Waals surface area contributed by atoms with Crippen LogP contribution in [-0.2, 0) is 32.1 Å². The Labute approximate surface area is 239 Å². The van der Waals surface area contributed by atoms with E-state index in [1.807, 2.05) is 0 Å². The van der Waals surface area contributed by atoms with Gasteiger partial charge in [-0.2, -0.15) is 0 Å². The van der Waals surface area contributed by atoms with E-state index >= 15 is 0 Å². The first kappa shape index (κ1) is 32.2. The van der Waals surface area contributed by atoms with Crippen LogP contribution in [-0.4, -0.2) is 59.1 Å². The number of benzene rings is 2. The molecule has 1 saturated heterocycles. The summed E-state index contributed by atoms with van der Waals surface area (Å²) in [6.07, 6.45) is -1.36. The number of carbonyl (C=O) groups is 3. The molecule has 1 heterocycles. The lowest BCUT2D eigenvalue weighted by molar-refractivity contribution is -0.153. The van der Waals surface area contributed by atoms with E-state index in [2.05, 4.69) is 5.32 Å². The highest BCUT2D eigenvalue weighted by molar-refractivity contribution is 8.00. The van der Waals surface area contributed by atoms with Gasteiger partial charge in [-0.25, -0.2) is 22.4 Å². The summed E-state index contributed by atoms with van der Waals surface area (Å²) in [5, 5.41) is 1.75. The van der Waals surface area contributed by atoms with E-state index in [0.717, 1.165) is 6.07 Å². The molecule has 0 radical (unpaired) electrons. The zero-order valence-electron chi connectivity index (χ0n) is 22.9. The van der Waals surface area contributed by atoms with Gasteiger partial charge in [0.1, 0.15) is 17.4 Å². The van der Waals surface area contributed by atoms with Crippen molar-refractivity contribution in [1.29, 1.82) is 0 Å². The van der Waals surface area contributed by atoms with Crippen molar-refractivity contribution in [2.75, 3.05) is 18.9 Å². The lowest BCUT2D eigenvalue weighted by atomic mass is 10.0. The second-order valence-corrected chi connectivity index (χ2v) is 11.0. The monoisotopic (exact) mass is 599 g/mol. The third-order valence-corrected chi connectivity index (χ3v) is 7.51. The molecule has 0 aliphatic carbocycles. The lowest BCUT2D eigenvalue weighted by Crippen LogP contribution is -2.46. The molecule has 13 heteroatoms. The molecule has 0 bridgehead atoms. The molecule has 2 amide bonds. The van der Waals surface area contributed by atoms with Crippen molar-refractivity contribution >= 4 is 29.5 Å². The van der Waals surface area contributed by atoms with Gasteiger partial charge < -0.3 is 25.4 Å². The van der Waals surface area contributed by atoms with Crippen LogP contribution in [0.4, 0.5) is 17.6 Å². The van der Waals surface area contributed by atoms with Crippen molar-refractivity contribution < 1.29 is 41.4 Å². The lowest BCUT2D eigenvalue weighted by Gasteiger charge is -2.24. The Morgan fingerprint density at radius 1 is 1.05 bits per heavy atom. The molecule has 2 aromatic carbocycles. The van der Waals surface area contributed by atoms with Gasteiger partial charge in [0, 0.05) is 54.9 Å². The number of halogens is 4. The zero-order valence-corrected chi connectivity index (χ0v) is 23.7. The molecule has 0 spiro atoms. The van der Waals surface area contributed by atoms with Crippen molar-refractivity contribution in [2.45, 2.75) is 57.7 Å². The van der Waals surface area contributed by atoms with Crippen LogP contribution >= 0.6 is 11.8 Å². The molecule has 41 heavy (non-hydrogen) atoms. The van der Waals surface area contributed by atoms with E-state index in [9.17, 15) is 31.9 Å². The van der Waals surface area contributed by atoms with Gasteiger partial charge in [-0.15, -0.1) is 11.8 Å². The van der Waals surface area contributed by atoms with Crippen molar-refractivity contribution in [3.05, 3.63) is 64.7 Å². The van der Waals surface area contributed by atoms with Crippen LogP contribution in [0.15, 0.2) is 30.3 Å². The Morgan fingerprint density at radius 2 is 1.73 bits per heavy atom. The van der Waals surface area contributed by atoms with Gasteiger partial charge >= 0.3 is 5.97 Å². The molecule has 2 aromatic rings. The van der Waals surface area contributed by atoms with Crippen LogP contribution in [0.1, 0.15) is 38.3 Å². The van der Waals surface area contributed by atoms with Gasteiger partial charge in [0.05, 0.1) is 6.61 Å². The van der Waals surface area contributed by atoms with Crippen molar-refractivity contribution in [3.63, 3.8) is 0 Å². The van der Waals surface area contributed by atoms with Gasteiger partial charge in [0.2, 0.25) is 5.91 Å². The number of carbonyl (C=O) groups excluding carboxylic acids is 3. The minimum Gasteiger partial charge on any atom is -0.478 e. The maximum Gasteiger partial charge on any atom is 0.347 e. The number of thioether (sulfide) groups is 1. The smallest absolute Gasteiger partial charge is 0.347 e. The highest BCUT2D eigenvalue weighted by atomic mass is 32.2. The van der Waals surface area contributed by atoms with E-state index in [1.54, 1.807) is 20.8 Å². The summed E-state index contributed by atoms with van der Waals surface area (Å²) in [5.74, 6) is -5.29. The summed E-state index contributed by atoms with van der Waals surface area (Å²) in [6, 6.07) is 4.26. The number of rotatable bonds is 12. The normalized spacial score (nSPS) is 16.4. The largest absolute Gasteiger partial charge is 0.478 e. The predicted molar refractivity (Wildman–Crippen MR) is 145 cm³/mol. The van der Waals surface area contributed by atoms with Crippen LogP contribution in [0.3, 0.4) is 0 Å². The molecule has 1 aliphatic heterocycles. The van der Waals surface area contributed by atoms with E-state index in [-0.39, 0.29) is 55.3 Å². The third kappa shape index (κ3) is 8.59. The summed E-state index contributed by atoms with van der Waals surface area (Å²) >= 11 is 1.23. The van der Waals surface area contributed by atoms with Gasteiger partial charge in [0.25, 0.3) is 5.91 Å². The average molecular weight is 600 g/mol. The number of hydrogen-bond donors (Lipinski definition) is 2.